The maximum Gasteiger partial charge on any atom is 0.159 e. The third-order valence-corrected chi connectivity index (χ3v) is 19.8. The van der Waals surface area contributed by atoms with Gasteiger partial charge in [0.2, 0.25) is 0 Å². The summed E-state index contributed by atoms with van der Waals surface area (Å²) in [5.41, 5.74) is 19.9. The number of pyridine rings is 1. The Morgan fingerprint density at radius 2 is 0.880 bits per heavy atom. The van der Waals surface area contributed by atoms with E-state index in [1.54, 1.807) is 6.20 Å². The molecule has 0 fully saturated rings. The molecule has 19 aromatic rings. The van der Waals surface area contributed by atoms with Crippen molar-refractivity contribution < 1.29 is 22.1 Å². The van der Waals surface area contributed by atoms with Gasteiger partial charge in [-0.15, -0.1) is 11.3 Å². The van der Waals surface area contributed by atoms with Crippen molar-refractivity contribution in [3.8, 4) is 22.3 Å². The van der Waals surface area contributed by atoms with Crippen molar-refractivity contribution in [1.29, 1.82) is 0 Å². The minimum absolute atomic E-state index is 0.563. The summed E-state index contributed by atoms with van der Waals surface area (Å²) < 4.78 is 35.6. The van der Waals surface area contributed by atoms with Gasteiger partial charge in [0.1, 0.15) is 50.4 Å². The van der Waals surface area contributed by atoms with E-state index in [1.807, 2.05) is 47.9 Å². The lowest BCUT2D eigenvalue weighted by atomic mass is 10.0. The molecule has 0 bridgehead atoms. The third-order valence-electron chi connectivity index (χ3n) is 18.6. The van der Waals surface area contributed by atoms with E-state index in [0.717, 1.165) is 172 Å². The lowest BCUT2D eigenvalue weighted by Gasteiger charge is -2.27. The number of para-hydroxylation sites is 3. The molecule has 0 saturated carbocycles. The summed E-state index contributed by atoms with van der Waals surface area (Å²) in [6.07, 6.45) is 7.98. The smallest absolute Gasteiger partial charge is 0.159 e. The van der Waals surface area contributed by atoms with Crippen molar-refractivity contribution in [2.45, 2.75) is 6.54 Å². The highest BCUT2D eigenvalue weighted by molar-refractivity contribution is 7.26. The second kappa shape index (κ2) is 19.7. The molecule has 0 unspecified atom stereocenters. The van der Waals surface area contributed by atoms with Crippen LogP contribution in [0.2, 0.25) is 0 Å². The van der Waals surface area contributed by atoms with Gasteiger partial charge in [-0.05, 0) is 162 Å². The second-order valence-electron chi connectivity index (χ2n) is 23.7. The molecule has 10 heteroatoms. The fourth-order valence-electron chi connectivity index (χ4n) is 14.4. The van der Waals surface area contributed by atoms with Crippen LogP contribution in [0.3, 0.4) is 0 Å². The number of rotatable bonds is 9. The molecule has 12 aromatic carbocycles. The van der Waals surface area contributed by atoms with Crippen LogP contribution in [-0.4, -0.2) is 4.98 Å². The highest BCUT2D eigenvalue weighted by Crippen LogP contribution is 2.51. The molecule has 92 heavy (non-hydrogen) atoms. The van der Waals surface area contributed by atoms with Crippen LogP contribution in [0.15, 0.2) is 295 Å². The highest BCUT2D eigenvalue weighted by atomic mass is 32.1. The van der Waals surface area contributed by atoms with Crippen molar-refractivity contribution >= 4 is 176 Å². The average Bonchev–Trinajstić information content (AvgIpc) is 1.54. The summed E-state index contributed by atoms with van der Waals surface area (Å²) in [4.78, 5) is 11.3. The van der Waals surface area contributed by atoms with Gasteiger partial charge in [-0.25, -0.2) is 0 Å². The van der Waals surface area contributed by atoms with Gasteiger partial charge >= 0.3 is 0 Å². The summed E-state index contributed by atoms with van der Waals surface area (Å²) in [6, 6.07) is 90.1. The molecule has 20 rings (SSSR count). The van der Waals surface area contributed by atoms with E-state index in [2.05, 4.69) is 256 Å². The monoisotopic (exact) mass is 1200 g/mol. The van der Waals surface area contributed by atoms with Crippen LogP contribution in [0.25, 0.3) is 147 Å². The fraction of sp³-hybridized carbons (Fsp3) is 0.0122. The predicted octanol–water partition coefficient (Wildman–Crippen LogP) is 24.1. The molecule has 1 aliphatic heterocycles. The molecular formula is C82H48N4O5S. The number of thiophene rings is 1. The number of fused-ring (bicyclic) bond motifs is 18. The molecule has 8 heterocycles. The Morgan fingerprint density at radius 3 is 1.60 bits per heavy atom. The number of aromatic nitrogens is 1. The van der Waals surface area contributed by atoms with E-state index in [1.165, 1.54) is 20.2 Å². The quantitative estimate of drug-likeness (QED) is 0.140. The lowest BCUT2D eigenvalue weighted by Crippen LogP contribution is -2.17. The summed E-state index contributed by atoms with van der Waals surface area (Å²) in [7, 11) is 0. The first-order valence-corrected chi connectivity index (χ1v) is 31.6. The highest BCUT2D eigenvalue weighted by Gasteiger charge is 2.27. The molecule has 9 nitrogen and oxygen atoms in total. The fourth-order valence-corrected chi connectivity index (χ4v) is 15.5. The lowest BCUT2D eigenvalue weighted by molar-refractivity contribution is 0.546. The first kappa shape index (κ1) is 50.8. The summed E-state index contributed by atoms with van der Waals surface area (Å²) in [5, 5.41) is 11.9. The first-order valence-electron chi connectivity index (χ1n) is 30.8. The van der Waals surface area contributed by atoms with Gasteiger partial charge < -0.3 is 36.8 Å². The maximum atomic E-state index is 7.00. The molecule has 0 spiro atoms. The molecule has 1 aliphatic rings. The Labute approximate surface area is 528 Å². The van der Waals surface area contributed by atoms with Gasteiger partial charge in [0.25, 0.3) is 0 Å². The van der Waals surface area contributed by atoms with Crippen LogP contribution in [-0.2, 0) is 6.54 Å². The van der Waals surface area contributed by atoms with Crippen molar-refractivity contribution in [1.82, 2.24) is 4.98 Å². The van der Waals surface area contributed by atoms with E-state index in [0.29, 0.717) is 6.54 Å². The molecule has 0 amide bonds. The molecule has 432 valence electrons. The maximum absolute atomic E-state index is 7.00. The topological polar surface area (TPSA) is 88.3 Å². The third kappa shape index (κ3) is 7.74. The van der Waals surface area contributed by atoms with Gasteiger partial charge in [0, 0.05) is 99.1 Å². The number of hydrogen-bond donors (Lipinski definition) is 0. The molecule has 0 radical (unpaired) electrons. The van der Waals surface area contributed by atoms with Gasteiger partial charge in [0.15, 0.2) is 5.58 Å². The van der Waals surface area contributed by atoms with Crippen molar-refractivity contribution in [3.63, 3.8) is 0 Å². The predicted molar refractivity (Wildman–Crippen MR) is 378 cm³/mol. The normalized spacial score (nSPS) is 12.7. The Hall–Kier alpha value is -12.1. The molecule has 0 N–H and O–H groups in total. The van der Waals surface area contributed by atoms with Gasteiger partial charge in [-0.1, -0.05) is 121 Å². The zero-order valence-corrected chi connectivity index (χ0v) is 49.8. The van der Waals surface area contributed by atoms with E-state index < -0.39 is 0 Å². The van der Waals surface area contributed by atoms with E-state index in [9.17, 15) is 0 Å². The van der Waals surface area contributed by atoms with Crippen LogP contribution in [0, 0.1) is 0 Å². The molecule has 7 aromatic heterocycles. The largest absolute Gasteiger partial charge is 0.458 e. The average molecular weight is 1200 g/mol. The van der Waals surface area contributed by atoms with Crippen LogP contribution in [0.1, 0.15) is 11.3 Å². The van der Waals surface area contributed by atoms with Gasteiger partial charge in [-0.2, -0.15) is 0 Å². The van der Waals surface area contributed by atoms with Crippen LogP contribution >= 0.6 is 11.3 Å². The second-order valence-corrected chi connectivity index (χ2v) is 24.8. The number of anilines is 7. The standard InChI is InChI=1S/C82H48N4O5S/c1-4-19-68-59(11-1)79-64(15-8-21-72(79)87-68)85(66-17-10-24-78-81(66)61-13-3-6-23-77(61)92-78)52-31-25-48(26-32-52)50-29-36-55-57-40-42-84(47-76(57)90-74(55)43-50)54-35-38-70-62(45-54)58-14-7-18-67(82(58)91-70)86(65-16-9-22-73-80(65)60-12-2-5-20-69(60)88-73)53-33-27-49(28-34-53)51-30-37-56-63-46-83-41-39-71(63)89-75(56)44-51/h1-46H,47H2. The van der Waals surface area contributed by atoms with E-state index in [-0.39, 0.29) is 0 Å². The molecule has 0 atom stereocenters. The number of hydrogen-bond acceptors (Lipinski definition) is 10. The van der Waals surface area contributed by atoms with Crippen LogP contribution in [0.4, 0.5) is 39.8 Å². The van der Waals surface area contributed by atoms with E-state index >= 15 is 0 Å². The van der Waals surface area contributed by atoms with Gasteiger partial charge in [0.05, 0.1) is 40.1 Å². The number of furan rings is 5. The number of benzene rings is 12. The molecule has 0 aliphatic carbocycles. The van der Waals surface area contributed by atoms with Crippen molar-refractivity contribution in [2.75, 3.05) is 14.7 Å². The van der Waals surface area contributed by atoms with Crippen molar-refractivity contribution in [2.24, 2.45) is 0 Å². The molecular weight excluding hydrogens is 1150 g/mol. The summed E-state index contributed by atoms with van der Waals surface area (Å²) >= 11 is 1.83. The zero-order chi connectivity index (χ0) is 60.1. The van der Waals surface area contributed by atoms with Crippen molar-refractivity contribution in [3.05, 3.63) is 285 Å². The van der Waals surface area contributed by atoms with Crippen LogP contribution < -0.4 is 14.7 Å². The van der Waals surface area contributed by atoms with Crippen LogP contribution in [0.5, 0.6) is 0 Å². The Morgan fingerprint density at radius 1 is 0.348 bits per heavy atom. The summed E-state index contributed by atoms with van der Waals surface area (Å²) in [5.74, 6) is 0.913. The van der Waals surface area contributed by atoms with E-state index in [4.69, 9.17) is 22.1 Å². The first-order chi connectivity index (χ1) is 45.6. The Bertz CT molecular complexity index is 6160. The minimum atomic E-state index is 0.563. The Kier molecular flexibility index (Phi) is 10.9. The SMILES string of the molecule is C1=CN(c2ccc3oc4c(N(c5ccc(-c6ccc7c(c6)oc6ccncc67)cc5)c5cccc6oc7ccccc7c56)cccc4c3c2)Cc2oc3cc(-c4ccc(N(c5cccc6oc7ccccc7c56)c5cccc6sc7ccccc7c56)cc4)ccc3c21. The zero-order valence-electron chi connectivity index (χ0n) is 49.0. The van der Waals surface area contributed by atoms with Gasteiger partial charge in [-0.3, -0.25) is 4.98 Å². The minimum Gasteiger partial charge on any atom is -0.458 e. The summed E-state index contributed by atoms with van der Waals surface area (Å²) in [6.45, 7) is 0.563. The molecule has 0 saturated heterocycles. The number of nitrogens with zero attached hydrogens (tertiary/aromatic N) is 4. The Balaban J connectivity index is 0.632.